The van der Waals surface area contributed by atoms with Gasteiger partial charge in [0.25, 0.3) is 0 Å². The number of aliphatic hydroxyl groups excluding tert-OH is 1. The number of aliphatic hydroxyl groups is 1. The number of hydrogen-bond acceptors (Lipinski definition) is 1. The molecule has 0 saturated heterocycles. The van der Waals surface area contributed by atoms with Crippen molar-refractivity contribution in [1.29, 1.82) is 0 Å². The van der Waals surface area contributed by atoms with Gasteiger partial charge in [-0.15, -0.1) is 0 Å². The molecule has 0 saturated carbocycles. The Morgan fingerprint density at radius 3 is 2.25 bits per heavy atom. The second-order valence-electron chi connectivity index (χ2n) is 5.19. The molecule has 0 aliphatic rings. The van der Waals surface area contributed by atoms with E-state index in [1.165, 1.54) is 17.2 Å². The zero-order valence-electron chi connectivity index (χ0n) is 11.4. The van der Waals surface area contributed by atoms with E-state index in [0.717, 1.165) is 12.0 Å². The third kappa shape index (κ3) is 4.06. The molecule has 2 rings (SSSR count). The van der Waals surface area contributed by atoms with Crippen LogP contribution in [0.2, 0.25) is 5.02 Å². The lowest BCUT2D eigenvalue weighted by Gasteiger charge is -2.15. The second kappa shape index (κ2) is 6.87. The number of aryl methyl sites for hydroxylation is 1. The Morgan fingerprint density at radius 2 is 1.65 bits per heavy atom. The fourth-order valence-electron chi connectivity index (χ4n) is 2.26. The Kier molecular flexibility index (Phi) is 5.16. The Bertz CT molecular complexity index is 566. The van der Waals surface area contributed by atoms with Crippen molar-refractivity contribution in [2.45, 2.75) is 19.8 Å². The van der Waals surface area contributed by atoms with Crippen LogP contribution in [0.1, 0.15) is 16.7 Å². The van der Waals surface area contributed by atoms with E-state index in [0.29, 0.717) is 6.42 Å². The topological polar surface area (TPSA) is 20.2 Å². The summed E-state index contributed by atoms with van der Waals surface area (Å²) in [7, 11) is 0. The van der Waals surface area contributed by atoms with E-state index in [1.807, 2.05) is 13.0 Å². The minimum Gasteiger partial charge on any atom is -0.396 e. The first-order chi connectivity index (χ1) is 9.58. The molecule has 0 aliphatic heterocycles. The average molecular weight is 293 g/mol. The summed E-state index contributed by atoms with van der Waals surface area (Å²) in [5, 5.41) is 9.64. The van der Waals surface area contributed by atoms with Gasteiger partial charge in [0.05, 0.1) is 5.02 Å². The van der Waals surface area contributed by atoms with Crippen molar-refractivity contribution < 1.29 is 9.50 Å². The molecule has 1 unspecified atom stereocenters. The molecule has 20 heavy (non-hydrogen) atoms. The lowest BCUT2D eigenvalue weighted by Crippen LogP contribution is -2.13. The van der Waals surface area contributed by atoms with Gasteiger partial charge in [-0.25, -0.2) is 4.39 Å². The molecule has 106 valence electrons. The summed E-state index contributed by atoms with van der Waals surface area (Å²) in [6, 6.07) is 13.1. The monoisotopic (exact) mass is 292 g/mol. The van der Waals surface area contributed by atoms with Crippen LogP contribution in [0.25, 0.3) is 0 Å². The average Bonchev–Trinajstić information content (AvgIpc) is 2.44. The van der Waals surface area contributed by atoms with E-state index in [-0.39, 0.29) is 17.5 Å². The van der Waals surface area contributed by atoms with Gasteiger partial charge in [0.2, 0.25) is 0 Å². The van der Waals surface area contributed by atoms with Gasteiger partial charge < -0.3 is 5.11 Å². The Labute approximate surface area is 124 Å². The van der Waals surface area contributed by atoms with Crippen molar-refractivity contribution in [3.63, 3.8) is 0 Å². The minimum atomic E-state index is -0.406. The molecule has 0 spiro atoms. The summed E-state index contributed by atoms with van der Waals surface area (Å²) in [5.41, 5.74) is 3.26. The van der Waals surface area contributed by atoms with Crippen molar-refractivity contribution in [3.8, 4) is 0 Å². The van der Waals surface area contributed by atoms with Crippen molar-refractivity contribution in [2.75, 3.05) is 6.61 Å². The molecule has 0 amide bonds. The van der Waals surface area contributed by atoms with Crippen LogP contribution >= 0.6 is 11.6 Å². The zero-order valence-corrected chi connectivity index (χ0v) is 12.2. The molecule has 0 heterocycles. The lowest BCUT2D eigenvalue weighted by molar-refractivity contribution is 0.225. The molecule has 1 atom stereocenters. The maximum atomic E-state index is 13.4. The Balaban J connectivity index is 2.04. The summed E-state index contributed by atoms with van der Waals surface area (Å²) in [5.74, 6) is -0.325. The fourth-order valence-corrected chi connectivity index (χ4v) is 2.38. The van der Waals surface area contributed by atoms with Crippen molar-refractivity contribution in [2.24, 2.45) is 5.92 Å². The van der Waals surface area contributed by atoms with Crippen LogP contribution in [0.3, 0.4) is 0 Å². The van der Waals surface area contributed by atoms with Gasteiger partial charge in [0, 0.05) is 6.61 Å². The molecule has 0 radical (unpaired) electrons. The number of halogens is 2. The standard InChI is InChI=1S/C17H18ClFO/c1-12-2-4-13(5-3-12)8-15(11-20)9-14-6-7-16(18)17(19)10-14/h2-7,10,15,20H,8-9,11H2,1H3. The van der Waals surface area contributed by atoms with Gasteiger partial charge >= 0.3 is 0 Å². The minimum absolute atomic E-state index is 0.0815. The number of hydrogen-bond donors (Lipinski definition) is 1. The number of rotatable bonds is 5. The highest BCUT2D eigenvalue weighted by Crippen LogP contribution is 2.20. The first-order valence-electron chi connectivity index (χ1n) is 6.69. The van der Waals surface area contributed by atoms with Crippen LogP contribution in [-0.4, -0.2) is 11.7 Å². The van der Waals surface area contributed by atoms with Crippen LogP contribution in [0.5, 0.6) is 0 Å². The van der Waals surface area contributed by atoms with E-state index >= 15 is 0 Å². The van der Waals surface area contributed by atoms with Crippen LogP contribution in [0.4, 0.5) is 4.39 Å². The second-order valence-corrected chi connectivity index (χ2v) is 5.60. The molecule has 2 aromatic carbocycles. The smallest absolute Gasteiger partial charge is 0.142 e. The van der Waals surface area contributed by atoms with E-state index in [9.17, 15) is 9.50 Å². The van der Waals surface area contributed by atoms with Gasteiger partial charge in [0.1, 0.15) is 5.82 Å². The predicted octanol–water partition coefficient (Wildman–Crippen LogP) is 4.18. The highest BCUT2D eigenvalue weighted by molar-refractivity contribution is 6.30. The molecular weight excluding hydrogens is 275 g/mol. The van der Waals surface area contributed by atoms with Crippen molar-refractivity contribution >= 4 is 11.6 Å². The first kappa shape index (κ1) is 15.0. The van der Waals surface area contributed by atoms with E-state index in [4.69, 9.17) is 11.6 Å². The zero-order chi connectivity index (χ0) is 14.5. The number of benzene rings is 2. The third-order valence-corrected chi connectivity index (χ3v) is 3.72. The van der Waals surface area contributed by atoms with E-state index in [2.05, 4.69) is 24.3 Å². The third-order valence-electron chi connectivity index (χ3n) is 3.41. The summed E-state index contributed by atoms with van der Waals surface area (Å²) in [6.45, 7) is 2.13. The summed E-state index contributed by atoms with van der Waals surface area (Å²) < 4.78 is 13.4. The molecule has 1 nitrogen and oxygen atoms in total. The maximum absolute atomic E-state index is 13.4. The van der Waals surface area contributed by atoms with Gasteiger partial charge in [-0.2, -0.15) is 0 Å². The molecular formula is C17H18ClFO. The Morgan fingerprint density at radius 1 is 1.05 bits per heavy atom. The largest absolute Gasteiger partial charge is 0.396 e. The van der Waals surface area contributed by atoms with Crippen LogP contribution in [0.15, 0.2) is 42.5 Å². The molecule has 0 aromatic heterocycles. The van der Waals surface area contributed by atoms with E-state index in [1.54, 1.807) is 6.07 Å². The quantitative estimate of drug-likeness (QED) is 0.876. The van der Waals surface area contributed by atoms with Gasteiger partial charge in [-0.3, -0.25) is 0 Å². The molecule has 1 N–H and O–H groups in total. The van der Waals surface area contributed by atoms with Gasteiger partial charge in [-0.05, 0) is 48.9 Å². The lowest BCUT2D eigenvalue weighted by atomic mass is 9.93. The fraction of sp³-hybridized carbons (Fsp3) is 0.294. The molecule has 2 aromatic rings. The SMILES string of the molecule is Cc1ccc(CC(CO)Cc2ccc(Cl)c(F)c2)cc1. The van der Waals surface area contributed by atoms with E-state index < -0.39 is 5.82 Å². The van der Waals surface area contributed by atoms with Gasteiger partial charge in [-0.1, -0.05) is 47.5 Å². The molecule has 3 heteroatoms. The maximum Gasteiger partial charge on any atom is 0.142 e. The predicted molar refractivity (Wildman–Crippen MR) is 80.6 cm³/mol. The summed E-state index contributed by atoms with van der Waals surface area (Å²) in [4.78, 5) is 0. The van der Waals surface area contributed by atoms with Crippen LogP contribution in [0, 0.1) is 18.7 Å². The molecule has 0 aliphatic carbocycles. The van der Waals surface area contributed by atoms with Gasteiger partial charge in [0.15, 0.2) is 0 Å². The highest BCUT2D eigenvalue weighted by atomic mass is 35.5. The summed E-state index contributed by atoms with van der Waals surface area (Å²) >= 11 is 5.67. The normalized spacial score (nSPS) is 12.4. The van der Waals surface area contributed by atoms with Crippen LogP contribution in [-0.2, 0) is 12.8 Å². The highest BCUT2D eigenvalue weighted by Gasteiger charge is 2.11. The first-order valence-corrected chi connectivity index (χ1v) is 7.06. The van der Waals surface area contributed by atoms with Crippen molar-refractivity contribution in [1.82, 2.24) is 0 Å². The Hall–Kier alpha value is -1.38. The molecule has 0 fully saturated rings. The van der Waals surface area contributed by atoms with Crippen LogP contribution < -0.4 is 0 Å². The van der Waals surface area contributed by atoms with Crippen molar-refractivity contribution in [3.05, 3.63) is 70.0 Å². The summed E-state index contributed by atoms with van der Waals surface area (Å²) in [6.07, 6.45) is 1.42. The molecule has 0 bridgehead atoms.